The molecule has 0 aromatic rings. The fourth-order valence-corrected chi connectivity index (χ4v) is 0.576. The first kappa shape index (κ1) is 7.48. The van der Waals surface area contributed by atoms with Crippen molar-refractivity contribution in [2.24, 2.45) is 0 Å². The van der Waals surface area contributed by atoms with Gasteiger partial charge >= 0.3 is 0 Å². The lowest BCUT2D eigenvalue weighted by Crippen LogP contribution is -1.64. The Kier molecular flexibility index (Phi) is 4.33. The summed E-state index contributed by atoms with van der Waals surface area (Å²) in [5, 5.41) is 0. The Morgan fingerprint density at radius 2 is 2.25 bits per heavy atom. The summed E-state index contributed by atoms with van der Waals surface area (Å²) in [6, 6.07) is 0. The van der Waals surface area contributed by atoms with Gasteiger partial charge in [0.05, 0.1) is 0 Å². The van der Waals surface area contributed by atoms with Crippen molar-refractivity contribution in [3.63, 3.8) is 0 Å². The molecule has 0 fully saturated rings. The normalized spacial score (nSPS) is 13.1. The van der Waals surface area contributed by atoms with Gasteiger partial charge in [0, 0.05) is 0 Å². The van der Waals surface area contributed by atoms with Gasteiger partial charge in [0.1, 0.15) is 0 Å². The largest absolute Gasteiger partial charge is 0.0840 e. The van der Waals surface area contributed by atoms with E-state index >= 15 is 0 Å². The summed E-state index contributed by atoms with van der Waals surface area (Å²) in [5.74, 6) is 0. The van der Waals surface area contributed by atoms with Crippen LogP contribution >= 0.6 is 0 Å². The quantitative estimate of drug-likeness (QED) is 0.478. The van der Waals surface area contributed by atoms with Gasteiger partial charge in [-0.05, 0) is 20.3 Å². The van der Waals surface area contributed by atoms with Crippen molar-refractivity contribution < 1.29 is 0 Å². The minimum absolute atomic E-state index is 1.11. The average Bonchev–Trinajstić information content (AvgIpc) is 1.68. The molecular formula is C8H13. The van der Waals surface area contributed by atoms with E-state index in [9.17, 15) is 0 Å². The van der Waals surface area contributed by atoms with Crippen LogP contribution in [0.25, 0.3) is 0 Å². The standard InChI is InChI=1S/C8H13/c1-4-6-8(3)7-5-2/h4,6-7H,1,5H2,2-3H3/b6-4-,8-7+. The highest BCUT2D eigenvalue weighted by Gasteiger charge is 1.74. The highest BCUT2D eigenvalue weighted by Crippen LogP contribution is 1.95. The van der Waals surface area contributed by atoms with Gasteiger partial charge in [-0.15, -0.1) is 0 Å². The number of rotatable bonds is 2. The Balaban J connectivity index is 3.61. The topological polar surface area (TPSA) is 0 Å². The van der Waals surface area contributed by atoms with Crippen molar-refractivity contribution in [2.45, 2.75) is 20.3 Å². The molecule has 0 spiro atoms. The number of hydrogen-bond acceptors (Lipinski definition) is 0. The van der Waals surface area contributed by atoms with Crippen LogP contribution in [0.3, 0.4) is 0 Å². The number of allylic oxidation sites excluding steroid dienone is 4. The molecule has 0 aliphatic rings. The van der Waals surface area contributed by atoms with Gasteiger partial charge in [0.25, 0.3) is 0 Å². The molecule has 0 saturated carbocycles. The lowest BCUT2D eigenvalue weighted by molar-refractivity contribution is 1.20. The molecule has 0 aliphatic carbocycles. The van der Waals surface area contributed by atoms with Crippen LogP contribution in [0.2, 0.25) is 0 Å². The molecule has 0 aromatic carbocycles. The van der Waals surface area contributed by atoms with Crippen molar-refractivity contribution in [1.82, 2.24) is 0 Å². The van der Waals surface area contributed by atoms with E-state index in [-0.39, 0.29) is 0 Å². The second kappa shape index (κ2) is 4.63. The molecule has 1 radical (unpaired) electrons. The Labute approximate surface area is 51.9 Å². The van der Waals surface area contributed by atoms with E-state index in [1.165, 1.54) is 5.57 Å². The van der Waals surface area contributed by atoms with Crippen LogP contribution < -0.4 is 0 Å². The van der Waals surface area contributed by atoms with E-state index in [0.29, 0.717) is 0 Å². The van der Waals surface area contributed by atoms with Crippen LogP contribution in [0.4, 0.5) is 0 Å². The molecular weight excluding hydrogens is 96.1 g/mol. The zero-order valence-electron chi connectivity index (χ0n) is 5.65. The van der Waals surface area contributed by atoms with Crippen LogP contribution in [-0.2, 0) is 0 Å². The van der Waals surface area contributed by atoms with Crippen LogP contribution in [0, 0.1) is 6.92 Å². The SMILES string of the molecule is [CH2]/C=C\C(C)=C\CC. The lowest BCUT2D eigenvalue weighted by Gasteiger charge is -1.85. The highest BCUT2D eigenvalue weighted by atomic mass is 13.8. The summed E-state index contributed by atoms with van der Waals surface area (Å²) in [6.07, 6.45) is 7.09. The first-order valence-electron chi connectivity index (χ1n) is 2.93. The van der Waals surface area contributed by atoms with Crippen LogP contribution in [-0.4, -0.2) is 0 Å². The summed E-state index contributed by atoms with van der Waals surface area (Å²) >= 11 is 0. The van der Waals surface area contributed by atoms with Gasteiger partial charge in [-0.2, -0.15) is 0 Å². The summed E-state index contributed by atoms with van der Waals surface area (Å²) < 4.78 is 0. The third-order valence-corrected chi connectivity index (χ3v) is 0.907. The second-order valence-corrected chi connectivity index (χ2v) is 1.76. The molecule has 0 bridgehead atoms. The van der Waals surface area contributed by atoms with E-state index in [1.807, 2.05) is 12.2 Å². The summed E-state index contributed by atoms with van der Waals surface area (Å²) in [5.41, 5.74) is 1.29. The molecule has 0 rings (SSSR count). The van der Waals surface area contributed by atoms with Crippen LogP contribution in [0.1, 0.15) is 20.3 Å². The molecule has 0 saturated heterocycles. The smallest absolute Gasteiger partial charge is 0.0313 e. The Bertz CT molecular complexity index is 96.6. The molecule has 0 amide bonds. The van der Waals surface area contributed by atoms with E-state index < -0.39 is 0 Å². The maximum absolute atomic E-state index is 3.59. The highest BCUT2D eigenvalue weighted by molar-refractivity contribution is 5.15. The molecule has 0 atom stereocenters. The fraction of sp³-hybridized carbons (Fsp3) is 0.375. The third-order valence-electron chi connectivity index (χ3n) is 0.907. The maximum Gasteiger partial charge on any atom is -0.0313 e. The lowest BCUT2D eigenvalue weighted by atomic mass is 10.2. The van der Waals surface area contributed by atoms with Gasteiger partial charge in [-0.25, -0.2) is 0 Å². The Morgan fingerprint density at radius 1 is 1.62 bits per heavy atom. The van der Waals surface area contributed by atoms with Crippen molar-refractivity contribution in [1.29, 1.82) is 0 Å². The minimum Gasteiger partial charge on any atom is -0.0840 e. The Morgan fingerprint density at radius 3 is 2.62 bits per heavy atom. The zero-order chi connectivity index (χ0) is 6.41. The third kappa shape index (κ3) is 3.66. The molecule has 8 heavy (non-hydrogen) atoms. The van der Waals surface area contributed by atoms with Gasteiger partial charge < -0.3 is 0 Å². The van der Waals surface area contributed by atoms with E-state index in [4.69, 9.17) is 0 Å². The predicted octanol–water partition coefficient (Wildman–Crippen LogP) is 2.73. The molecule has 0 aromatic heterocycles. The van der Waals surface area contributed by atoms with Gasteiger partial charge in [-0.3, -0.25) is 0 Å². The number of hydrogen-bond donors (Lipinski definition) is 0. The fourth-order valence-electron chi connectivity index (χ4n) is 0.576. The minimum atomic E-state index is 1.11. The average molecular weight is 109 g/mol. The first-order valence-corrected chi connectivity index (χ1v) is 2.93. The van der Waals surface area contributed by atoms with Crippen LogP contribution in [0.5, 0.6) is 0 Å². The summed E-state index contributed by atoms with van der Waals surface area (Å²) in [6.45, 7) is 7.79. The van der Waals surface area contributed by atoms with Crippen molar-refractivity contribution >= 4 is 0 Å². The van der Waals surface area contributed by atoms with Crippen LogP contribution in [0.15, 0.2) is 23.8 Å². The zero-order valence-corrected chi connectivity index (χ0v) is 5.65. The van der Waals surface area contributed by atoms with Gasteiger partial charge in [-0.1, -0.05) is 30.7 Å². The molecule has 0 N–H and O–H groups in total. The van der Waals surface area contributed by atoms with E-state index in [2.05, 4.69) is 26.8 Å². The van der Waals surface area contributed by atoms with Gasteiger partial charge in [0.2, 0.25) is 0 Å². The van der Waals surface area contributed by atoms with Crippen molar-refractivity contribution in [3.8, 4) is 0 Å². The van der Waals surface area contributed by atoms with Gasteiger partial charge in [0.15, 0.2) is 0 Å². The molecule has 0 heteroatoms. The molecule has 0 aliphatic heterocycles. The monoisotopic (exact) mass is 109 g/mol. The van der Waals surface area contributed by atoms with Crippen molar-refractivity contribution in [3.05, 3.63) is 30.7 Å². The van der Waals surface area contributed by atoms with E-state index in [0.717, 1.165) is 6.42 Å². The summed E-state index contributed by atoms with van der Waals surface area (Å²) in [7, 11) is 0. The molecule has 0 unspecified atom stereocenters. The molecule has 45 valence electrons. The predicted molar refractivity (Wildman–Crippen MR) is 38.5 cm³/mol. The summed E-state index contributed by atoms with van der Waals surface area (Å²) in [4.78, 5) is 0. The molecule has 0 heterocycles. The first-order chi connectivity index (χ1) is 3.81. The second-order valence-electron chi connectivity index (χ2n) is 1.76. The Hall–Kier alpha value is -0.520. The molecule has 0 nitrogen and oxygen atoms in total. The maximum atomic E-state index is 3.59. The van der Waals surface area contributed by atoms with E-state index in [1.54, 1.807) is 0 Å². The van der Waals surface area contributed by atoms with Crippen molar-refractivity contribution in [2.75, 3.05) is 0 Å².